The van der Waals surface area contributed by atoms with Gasteiger partial charge in [-0.25, -0.2) is 4.98 Å². The molecule has 1 saturated carbocycles. The van der Waals surface area contributed by atoms with Gasteiger partial charge in [0.1, 0.15) is 6.54 Å². The number of hydrogen-bond donors (Lipinski definition) is 1. The van der Waals surface area contributed by atoms with Crippen LogP contribution in [0.15, 0.2) is 18.2 Å². The zero-order chi connectivity index (χ0) is 17.6. The van der Waals surface area contributed by atoms with Gasteiger partial charge in [0.2, 0.25) is 17.7 Å². The third-order valence-corrected chi connectivity index (χ3v) is 5.95. The number of benzene rings is 1. The van der Waals surface area contributed by atoms with Gasteiger partial charge in [0.25, 0.3) is 0 Å². The molecule has 0 spiro atoms. The summed E-state index contributed by atoms with van der Waals surface area (Å²) < 4.78 is 0.995. The molecule has 0 bridgehead atoms. The van der Waals surface area contributed by atoms with Crippen molar-refractivity contribution in [2.24, 2.45) is 11.8 Å². The molecule has 1 saturated heterocycles. The molecule has 2 aliphatic rings. The third kappa shape index (κ3) is 2.93. The Morgan fingerprint density at radius 1 is 1.24 bits per heavy atom. The van der Waals surface area contributed by atoms with Crippen LogP contribution < -0.4 is 5.32 Å². The van der Waals surface area contributed by atoms with Crippen molar-refractivity contribution < 1.29 is 14.4 Å². The number of imide groups is 1. The number of thiazole rings is 1. The smallest absolute Gasteiger partial charge is 0.244 e. The Morgan fingerprint density at radius 2 is 1.92 bits per heavy atom. The predicted octanol–water partition coefficient (Wildman–Crippen LogP) is 2.72. The lowest BCUT2D eigenvalue weighted by Crippen LogP contribution is -2.38. The summed E-state index contributed by atoms with van der Waals surface area (Å²) in [6.07, 6.45) is 3.48. The number of aromatic nitrogens is 1. The second kappa shape index (κ2) is 6.22. The Bertz CT molecular complexity index is 852. The summed E-state index contributed by atoms with van der Waals surface area (Å²) in [6.45, 7) is 1.73. The highest BCUT2D eigenvalue weighted by Crippen LogP contribution is 2.37. The summed E-state index contributed by atoms with van der Waals surface area (Å²) in [5.74, 6) is -1.14. The van der Waals surface area contributed by atoms with Crippen LogP contribution in [-0.2, 0) is 14.4 Å². The number of likely N-dealkylation sites (tertiary alicyclic amines) is 1. The summed E-state index contributed by atoms with van der Waals surface area (Å²) >= 11 is 1.56. The van der Waals surface area contributed by atoms with Crippen LogP contribution >= 0.6 is 11.3 Å². The molecular weight excluding hydrogens is 338 g/mol. The molecule has 2 fully saturated rings. The highest BCUT2D eigenvalue weighted by molar-refractivity contribution is 7.18. The number of carbonyl (C=O) groups excluding carboxylic acids is 3. The largest absolute Gasteiger partial charge is 0.324 e. The fourth-order valence-corrected chi connectivity index (χ4v) is 4.71. The number of amides is 3. The van der Waals surface area contributed by atoms with Crippen molar-refractivity contribution in [3.05, 3.63) is 23.2 Å². The number of anilines is 1. The van der Waals surface area contributed by atoms with Crippen molar-refractivity contribution in [2.75, 3.05) is 11.9 Å². The highest BCUT2D eigenvalue weighted by Gasteiger charge is 2.48. The van der Waals surface area contributed by atoms with Crippen LogP contribution in [0.1, 0.15) is 30.7 Å². The third-order valence-electron chi connectivity index (χ3n) is 5.01. The molecule has 1 aromatic carbocycles. The van der Waals surface area contributed by atoms with Gasteiger partial charge in [-0.2, -0.15) is 0 Å². The number of carbonyl (C=O) groups is 3. The van der Waals surface area contributed by atoms with E-state index in [1.807, 2.05) is 19.1 Å². The molecule has 0 unspecified atom stereocenters. The number of hydrogen-bond acceptors (Lipinski definition) is 5. The summed E-state index contributed by atoms with van der Waals surface area (Å²) in [5.41, 5.74) is 1.55. The van der Waals surface area contributed by atoms with Crippen LogP contribution in [0.25, 0.3) is 10.2 Å². The van der Waals surface area contributed by atoms with Crippen LogP contribution in [0, 0.1) is 18.8 Å². The normalized spacial score (nSPS) is 23.2. The van der Waals surface area contributed by atoms with Crippen molar-refractivity contribution in [1.29, 1.82) is 0 Å². The van der Waals surface area contributed by atoms with E-state index in [1.54, 1.807) is 17.4 Å². The van der Waals surface area contributed by atoms with Gasteiger partial charge < -0.3 is 5.32 Å². The van der Waals surface area contributed by atoms with E-state index in [1.165, 1.54) is 0 Å². The van der Waals surface area contributed by atoms with Crippen molar-refractivity contribution in [3.8, 4) is 0 Å². The number of fused-ring (bicyclic) bond motifs is 2. The van der Waals surface area contributed by atoms with E-state index in [2.05, 4.69) is 10.3 Å². The summed E-state index contributed by atoms with van der Waals surface area (Å²) in [5, 5.41) is 3.75. The van der Waals surface area contributed by atoms with Gasteiger partial charge in [-0.1, -0.05) is 12.8 Å². The van der Waals surface area contributed by atoms with E-state index >= 15 is 0 Å². The van der Waals surface area contributed by atoms with E-state index in [4.69, 9.17) is 0 Å². The van der Waals surface area contributed by atoms with Crippen molar-refractivity contribution in [1.82, 2.24) is 9.88 Å². The predicted molar refractivity (Wildman–Crippen MR) is 95.2 cm³/mol. The first-order valence-corrected chi connectivity index (χ1v) is 9.37. The topological polar surface area (TPSA) is 79.4 Å². The monoisotopic (exact) mass is 357 g/mol. The SMILES string of the molecule is Cc1nc2ccc(NC(=O)CN3C(=O)[C@H]4CCCC[C@H]4C3=O)cc2s1. The first-order valence-electron chi connectivity index (χ1n) is 8.55. The van der Waals surface area contributed by atoms with Gasteiger partial charge in [0.05, 0.1) is 27.1 Å². The fraction of sp³-hybridized carbons (Fsp3) is 0.444. The number of aryl methyl sites for hydroxylation is 1. The van der Waals surface area contributed by atoms with E-state index in [0.29, 0.717) is 5.69 Å². The lowest BCUT2D eigenvalue weighted by atomic mass is 9.81. The summed E-state index contributed by atoms with van der Waals surface area (Å²) in [6, 6.07) is 5.51. The number of nitrogens with zero attached hydrogens (tertiary/aromatic N) is 2. The van der Waals surface area contributed by atoms with Gasteiger partial charge >= 0.3 is 0 Å². The minimum Gasteiger partial charge on any atom is -0.324 e. The molecule has 2 atom stereocenters. The fourth-order valence-electron chi connectivity index (χ4n) is 3.85. The molecule has 2 aromatic rings. The number of rotatable bonds is 3. The Balaban J connectivity index is 1.46. The first kappa shape index (κ1) is 16.2. The molecule has 7 heteroatoms. The molecular formula is C18H19N3O3S. The highest BCUT2D eigenvalue weighted by atomic mass is 32.1. The maximum absolute atomic E-state index is 12.4. The lowest BCUT2D eigenvalue weighted by Gasteiger charge is -2.19. The molecule has 1 N–H and O–H groups in total. The maximum Gasteiger partial charge on any atom is 0.244 e. The Hall–Kier alpha value is -2.28. The standard InChI is InChI=1S/C18H19N3O3S/c1-10-19-14-7-6-11(8-15(14)25-10)20-16(22)9-21-17(23)12-4-2-3-5-13(12)18(21)24/h6-8,12-13H,2-5,9H2,1H3,(H,20,22)/t12-,13+. The van der Waals surface area contributed by atoms with Crippen LogP contribution in [0.5, 0.6) is 0 Å². The quantitative estimate of drug-likeness (QED) is 0.857. The molecule has 3 amide bonds. The number of nitrogens with one attached hydrogen (secondary N) is 1. The van der Waals surface area contributed by atoms with E-state index in [-0.39, 0.29) is 36.1 Å². The summed E-state index contributed by atoms with van der Waals surface area (Å²) in [4.78, 5) is 42.7. The molecule has 1 aromatic heterocycles. The van der Waals surface area contributed by atoms with Crippen molar-refractivity contribution >= 4 is 45.0 Å². The van der Waals surface area contributed by atoms with E-state index < -0.39 is 0 Å². The summed E-state index contributed by atoms with van der Waals surface area (Å²) in [7, 11) is 0. The maximum atomic E-state index is 12.4. The Morgan fingerprint density at radius 3 is 2.60 bits per heavy atom. The van der Waals surface area contributed by atoms with Gasteiger partial charge in [0, 0.05) is 5.69 Å². The molecule has 25 heavy (non-hydrogen) atoms. The van der Waals surface area contributed by atoms with Gasteiger partial charge in [-0.05, 0) is 38.0 Å². The van der Waals surface area contributed by atoms with Gasteiger partial charge in [0.15, 0.2) is 0 Å². The van der Waals surface area contributed by atoms with E-state index in [0.717, 1.165) is 45.8 Å². The Kier molecular flexibility index (Phi) is 4.03. The van der Waals surface area contributed by atoms with Crippen molar-refractivity contribution in [3.63, 3.8) is 0 Å². The Labute approximate surface area is 149 Å². The minimum absolute atomic E-state index is 0.182. The minimum atomic E-state index is -0.346. The molecule has 1 aliphatic heterocycles. The van der Waals surface area contributed by atoms with Gasteiger partial charge in [-0.3, -0.25) is 19.3 Å². The first-order chi connectivity index (χ1) is 12.0. The molecule has 0 radical (unpaired) electrons. The molecule has 1 aliphatic carbocycles. The molecule has 6 nitrogen and oxygen atoms in total. The van der Waals surface area contributed by atoms with Crippen LogP contribution in [0.4, 0.5) is 5.69 Å². The van der Waals surface area contributed by atoms with Gasteiger partial charge in [-0.15, -0.1) is 11.3 Å². The zero-order valence-corrected chi connectivity index (χ0v) is 14.8. The average molecular weight is 357 g/mol. The lowest BCUT2D eigenvalue weighted by molar-refractivity contribution is -0.142. The average Bonchev–Trinajstić information content (AvgIpc) is 3.07. The van der Waals surface area contributed by atoms with Crippen molar-refractivity contribution in [2.45, 2.75) is 32.6 Å². The zero-order valence-electron chi connectivity index (χ0n) is 13.9. The molecule has 130 valence electrons. The molecule has 4 rings (SSSR count). The van der Waals surface area contributed by atoms with Crippen LogP contribution in [-0.4, -0.2) is 34.2 Å². The second-order valence-electron chi connectivity index (χ2n) is 6.72. The van der Waals surface area contributed by atoms with Crippen LogP contribution in [0.2, 0.25) is 0 Å². The van der Waals surface area contributed by atoms with Crippen LogP contribution in [0.3, 0.4) is 0 Å². The second-order valence-corrected chi connectivity index (χ2v) is 7.96. The molecule has 2 heterocycles. The van der Waals surface area contributed by atoms with E-state index in [9.17, 15) is 14.4 Å².